The van der Waals surface area contributed by atoms with Gasteiger partial charge in [0.1, 0.15) is 40.9 Å². The summed E-state index contributed by atoms with van der Waals surface area (Å²) in [4.78, 5) is 18.5. The quantitative estimate of drug-likeness (QED) is 0.113. The maximum atomic E-state index is 15.6. The molecule has 0 radical (unpaired) electrons. The summed E-state index contributed by atoms with van der Waals surface area (Å²) in [6, 6.07) is 5.79. The maximum absolute atomic E-state index is 15.6. The van der Waals surface area contributed by atoms with Crippen LogP contribution in [-0.2, 0) is 46.2 Å². The molecule has 0 spiro atoms. The monoisotopic (exact) mass is 903 g/mol. The van der Waals surface area contributed by atoms with Crippen LogP contribution in [0.1, 0.15) is 66.6 Å². The van der Waals surface area contributed by atoms with Crippen LogP contribution in [-0.4, -0.2) is 56.0 Å². The van der Waals surface area contributed by atoms with Crippen LogP contribution < -0.4 is 11.1 Å². The molecular formula is C39H32ClF10N7O3S. The van der Waals surface area contributed by atoms with Gasteiger partial charge in [0.05, 0.1) is 27.7 Å². The summed E-state index contributed by atoms with van der Waals surface area (Å²) in [6.07, 6.45) is -9.65. The van der Waals surface area contributed by atoms with Gasteiger partial charge in [0, 0.05) is 40.8 Å². The summed E-state index contributed by atoms with van der Waals surface area (Å²) in [5.74, 6) is -5.78. The van der Waals surface area contributed by atoms with Gasteiger partial charge in [0.2, 0.25) is 5.91 Å². The number of carbonyl (C=O) groups is 1. The van der Waals surface area contributed by atoms with E-state index < -0.39 is 116 Å². The first-order chi connectivity index (χ1) is 28.1. The molecule has 0 aliphatic heterocycles. The minimum absolute atomic E-state index is 0.0799. The van der Waals surface area contributed by atoms with Gasteiger partial charge in [-0.3, -0.25) is 14.2 Å². The molecule has 2 aliphatic carbocycles. The number of benzene rings is 2. The number of anilines is 1. The third-order valence-electron chi connectivity index (χ3n) is 10.9. The van der Waals surface area contributed by atoms with E-state index in [0.717, 1.165) is 18.4 Å². The van der Waals surface area contributed by atoms with Crippen LogP contribution >= 0.6 is 11.6 Å². The number of nitrogen functional groups attached to an aromatic ring is 1. The number of halogens is 11. The second-order valence-corrected chi connectivity index (χ2v) is 18.5. The number of carbonyl (C=O) groups excluding carboxylic acids is 1. The van der Waals surface area contributed by atoms with Crippen molar-refractivity contribution in [2.45, 2.75) is 75.3 Å². The number of alkyl halides is 8. The molecule has 0 saturated heterocycles. The minimum atomic E-state index is -5.17. The van der Waals surface area contributed by atoms with Crippen LogP contribution in [0.2, 0.25) is 5.02 Å². The molecule has 0 bridgehead atoms. The lowest BCUT2D eigenvalue weighted by molar-refractivity contribution is -0.143. The largest absolute Gasteiger partial charge is 0.435 e. The summed E-state index contributed by atoms with van der Waals surface area (Å²) in [7, 11) is -3.80. The highest BCUT2D eigenvalue weighted by Gasteiger charge is 2.72. The number of pyridine rings is 1. The minimum Gasteiger partial charge on any atom is -0.382 e. The molecule has 7 rings (SSSR count). The second kappa shape index (κ2) is 14.6. The summed E-state index contributed by atoms with van der Waals surface area (Å²) in [5.41, 5.74) is 1.60. The average Bonchev–Trinajstić information content (AvgIpc) is 3.34. The third-order valence-corrected chi connectivity index (χ3v) is 13.1. The lowest BCUT2D eigenvalue weighted by Crippen LogP contribution is -2.35. The zero-order valence-corrected chi connectivity index (χ0v) is 33.6. The molecule has 10 nitrogen and oxygen atoms in total. The highest BCUT2D eigenvalue weighted by Crippen LogP contribution is 2.71. The van der Waals surface area contributed by atoms with Gasteiger partial charge in [-0.2, -0.15) is 45.3 Å². The van der Waals surface area contributed by atoms with Crippen LogP contribution in [0.15, 0.2) is 42.5 Å². The van der Waals surface area contributed by atoms with Crippen molar-refractivity contribution in [1.82, 2.24) is 29.9 Å². The van der Waals surface area contributed by atoms with Gasteiger partial charge in [0.25, 0.3) is 5.92 Å². The normalized spacial score (nSPS) is 19.0. The number of rotatable bonds is 9. The number of nitrogens with one attached hydrogen (secondary N) is 1. The number of fused-ring (bicyclic) bond motifs is 4. The van der Waals surface area contributed by atoms with E-state index in [1.165, 1.54) is 45.0 Å². The molecule has 3 aromatic heterocycles. The van der Waals surface area contributed by atoms with Gasteiger partial charge in [-0.05, 0) is 68.0 Å². The lowest BCUT2D eigenvalue weighted by atomic mass is 9.93. The van der Waals surface area contributed by atoms with Crippen LogP contribution in [0.3, 0.4) is 0 Å². The van der Waals surface area contributed by atoms with E-state index in [-0.39, 0.29) is 48.7 Å². The zero-order chi connectivity index (χ0) is 44.9. The molecule has 324 valence electrons. The second-order valence-electron chi connectivity index (χ2n) is 15.5. The molecule has 22 heteroatoms. The molecule has 5 aromatic rings. The van der Waals surface area contributed by atoms with E-state index in [1.54, 1.807) is 0 Å². The third kappa shape index (κ3) is 8.11. The molecule has 1 amide bonds. The highest BCUT2D eigenvalue weighted by atomic mass is 35.5. The molecule has 1 saturated carbocycles. The first-order valence-corrected chi connectivity index (χ1v) is 20.4. The van der Waals surface area contributed by atoms with Crippen molar-refractivity contribution in [1.29, 1.82) is 0 Å². The number of hydrogen-bond donors (Lipinski definition) is 2. The van der Waals surface area contributed by atoms with Crippen LogP contribution in [0.4, 0.5) is 49.7 Å². The Kier molecular flexibility index (Phi) is 10.5. The van der Waals surface area contributed by atoms with Gasteiger partial charge >= 0.3 is 12.4 Å². The Morgan fingerprint density at radius 1 is 1.00 bits per heavy atom. The van der Waals surface area contributed by atoms with Gasteiger partial charge in [0.15, 0.2) is 21.3 Å². The molecule has 1 fully saturated rings. The molecular weight excluding hydrogens is 872 g/mol. The Hall–Kier alpha value is -5.36. The SMILES string of the molecule is C[C@@H]1C2c3c(C(F)(F)F)nn(CC(=O)N[C@@H](Cc4cc(F)cc(F)c4)c4nc(C#CC(C)(C)S(C)(=O)=O)ccc4-c4ccc(Cl)c5c(N)nn(CC(F)(F)F)c45)c3C(F)(F)C21. The van der Waals surface area contributed by atoms with E-state index >= 15 is 8.78 Å². The summed E-state index contributed by atoms with van der Waals surface area (Å²) >= 11 is 6.39. The predicted octanol–water partition coefficient (Wildman–Crippen LogP) is 8.12. The number of nitrogens with two attached hydrogens (primary N) is 1. The van der Waals surface area contributed by atoms with Crippen LogP contribution in [0.5, 0.6) is 0 Å². The Balaban J connectivity index is 1.42. The van der Waals surface area contributed by atoms with Gasteiger partial charge in [-0.1, -0.05) is 30.5 Å². The van der Waals surface area contributed by atoms with Crippen LogP contribution in [0.25, 0.3) is 22.0 Å². The van der Waals surface area contributed by atoms with Crippen molar-refractivity contribution in [2.24, 2.45) is 11.8 Å². The number of hydrogen-bond acceptors (Lipinski definition) is 7. The van der Waals surface area contributed by atoms with Gasteiger partial charge in [-0.15, -0.1) is 0 Å². The summed E-state index contributed by atoms with van der Waals surface area (Å²) < 4.78 is 169. The van der Waals surface area contributed by atoms with Crippen molar-refractivity contribution >= 4 is 44.1 Å². The Labute approximate surface area is 345 Å². The van der Waals surface area contributed by atoms with E-state index in [2.05, 4.69) is 32.3 Å². The summed E-state index contributed by atoms with van der Waals surface area (Å²) in [6.45, 7) is 1.09. The van der Waals surface area contributed by atoms with Gasteiger partial charge < -0.3 is 11.1 Å². The first-order valence-electron chi connectivity index (χ1n) is 18.1. The van der Waals surface area contributed by atoms with E-state index in [9.17, 15) is 48.3 Å². The van der Waals surface area contributed by atoms with E-state index in [0.29, 0.717) is 10.7 Å². The zero-order valence-electron chi connectivity index (χ0n) is 32.1. The van der Waals surface area contributed by atoms with Crippen molar-refractivity contribution in [3.63, 3.8) is 0 Å². The first kappa shape index (κ1) is 43.7. The molecule has 4 atom stereocenters. The number of sulfone groups is 1. The average molecular weight is 904 g/mol. The number of aromatic nitrogens is 5. The lowest BCUT2D eigenvalue weighted by Gasteiger charge is -2.23. The Morgan fingerprint density at radius 3 is 2.25 bits per heavy atom. The molecule has 3 heterocycles. The molecule has 3 N–H and O–H groups in total. The van der Waals surface area contributed by atoms with Crippen molar-refractivity contribution in [3.8, 4) is 23.0 Å². The van der Waals surface area contributed by atoms with Crippen molar-refractivity contribution < 1.29 is 57.1 Å². The Bertz CT molecular complexity index is 2790. The van der Waals surface area contributed by atoms with Crippen molar-refractivity contribution in [2.75, 3.05) is 12.0 Å². The van der Waals surface area contributed by atoms with E-state index in [4.69, 9.17) is 17.3 Å². The Morgan fingerprint density at radius 2 is 1.64 bits per heavy atom. The smallest absolute Gasteiger partial charge is 0.382 e. The topological polar surface area (TPSA) is 138 Å². The fourth-order valence-corrected chi connectivity index (χ4v) is 8.28. The van der Waals surface area contributed by atoms with E-state index in [1.807, 2.05) is 0 Å². The molecule has 2 unspecified atom stereocenters. The van der Waals surface area contributed by atoms with Gasteiger partial charge in [-0.25, -0.2) is 22.2 Å². The number of amides is 1. The summed E-state index contributed by atoms with van der Waals surface area (Å²) in [5, 5.41) is 9.50. The van der Waals surface area contributed by atoms with Crippen molar-refractivity contribution in [3.05, 3.63) is 93.0 Å². The maximum Gasteiger partial charge on any atom is 0.435 e. The highest BCUT2D eigenvalue weighted by molar-refractivity contribution is 7.92. The molecule has 2 aliphatic rings. The number of nitrogens with zero attached hydrogens (tertiary/aromatic N) is 5. The van der Waals surface area contributed by atoms with Crippen LogP contribution in [0, 0.1) is 35.3 Å². The molecule has 2 aromatic carbocycles. The standard InChI is InChI=1S/C39H32ClF10N7O3S/c1-17-27-29-33(39(48,49)50)54-56(34(29)38(46,47)30(17)27)15-26(58)53-25(13-18-11-19(41)14-20(42)12-18)31-22(6-5-21(52-31)9-10-36(2,3)61(4,59)60)23-7-8-24(40)28-32(23)57(55-35(28)51)16-37(43,44)45/h5-8,11-12,14,17,25,27,30H,13,15-16H2,1-4H3,(H2,51,55)(H,53,58)/t17-,25+,27?,30?/m1/s1. The molecule has 61 heavy (non-hydrogen) atoms. The predicted molar refractivity (Wildman–Crippen MR) is 202 cm³/mol. The fourth-order valence-electron chi connectivity index (χ4n) is 7.80. The fraction of sp³-hybridized carbons (Fsp3) is 0.385.